The summed E-state index contributed by atoms with van der Waals surface area (Å²) in [5.41, 5.74) is -4.83. The van der Waals surface area contributed by atoms with Crippen molar-refractivity contribution in [2.75, 3.05) is 6.61 Å². The van der Waals surface area contributed by atoms with Gasteiger partial charge in [0.15, 0.2) is 0 Å². The van der Waals surface area contributed by atoms with E-state index in [4.69, 9.17) is 48.4 Å². The number of hydrogen-bond acceptors (Lipinski definition) is 22. The number of nitrogens with two attached hydrogens (primary N) is 1. The molecular formula is C77H136N4O21. The van der Waals surface area contributed by atoms with Crippen LogP contribution in [0, 0.1) is 0 Å². The van der Waals surface area contributed by atoms with Crippen molar-refractivity contribution >= 4 is 71.4 Å². The van der Waals surface area contributed by atoms with Gasteiger partial charge in [-0.3, -0.25) is 57.5 Å². The molecule has 102 heavy (non-hydrogen) atoms. The van der Waals surface area contributed by atoms with E-state index in [0.29, 0.717) is 19.3 Å². The molecule has 0 aliphatic carbocycles. The fraction of sp³-hybridized carbons (Fsp3) is 0.844. The Hall–Kier alpha value is -6.40. The van der Waals surface area contributed by atoms with Crippen molar-refractivity contribution in [1.29, 1.82) is 0 Å². The second kappa shape index (κ2) is 41.3. The van der Waals surface area contributed by atoms with Gasteiger partial charge in [-0.1, -0.05) is 6.42 Å². The Morgan fingerprint density at radius 2 is 0.451 bits per heavy atom. The maximum Gasteiger partial charge on any atom is 0.306 e. The van der Waals surface area contributed by atoms with E-state index in [0.717, 1.165) is 0 Å². The molecule has 1 unspecified atom stereocenters. The molecule has 0 heterocycles. The van der Waals surface area contributed by atoms with Crippen molar-refractivity contribution in [3.05, 3.63) is 0 Å². The fourth-order valence-electron chi connectivity index (χ4n) is 11.3. The lowest BCUT2D eigenvalue weighted by Crippen LogP contribution is -2.51. The molecule has 0 spiro atoms. The number of ether oxygens (including phenoxy) is 9. The van der Waals surface area contributed by atoms with Crippen LogP contribution in [0.1, 0.15) is 346 Å². The summed E-state index contributed by atoms with van der Waals surface area (Å²) in [7, 11) is 0. The first-order valence-corrected chi connectivity index (χ1v) is 36.6. The highest BCUT2D eigenvalue weighted by molar-refractivity contribution is 5.80. The smallest absolute Gasteiger partial charge is 0.306 e. The molecular weight excluding hydrogens is 1320 g/mol. The van der Waals surface area contributed by atoms with Crippen LogP contribution in [0.15, 0.2) is 0 Å². The van der Waals surface area contributed by atoms with Crippen LogP contribution in [0.2, 0.25) is 0 Å². The first-order chi connectivity index (χ1) is 46.0. The van der Waals surface area contributed by atoms with E-state index < -0.39 is 138 Å². The third-order valence-corrected chi connectivity index (χ3v) is 15.4. The van der Waals surface area contributed by atoms with E-state index in [1.807, 2.05) is 0 Å². The summed E-state index contributed by atoms with van der Waals surface area (Å²) >= 11 is 0. The number of rotatable bonds is 43. The number of carbonyl (C=O) groups is 12. The fourth-order valence-corrected chi connectivity index (χ4v) is 11.3. The molecule has 1 atom stereocenters. The lowest BCUT2D eigenvalue weighted by molar-refractivity contribution is -0.158. The number of carbonyl (C=O) groups excluding carboxylic acids is 12. The maximum atomic E-state index is 14.9. The van der Waals surface area contributed by atoms with Gasteiger partial charge in [0.25, 0.3) is 0 Å². The Labute approximate surface area is 610 Å². The first kappa shape index (κ1) is 95.6. The molecule has 0 saturated heterocycles. The van der Waals surface area contributed by atoms with Crippen LogP contribution >= 0.6 is 0 Å². The van der Waals surface area contributed by atoms with Gasteiger partial charge in [-0.15, -0.1) is 0 Å². The minimum absolute atomic E-state index is 0.00748. The van der Waals surface area contributed by atoms with Gasteiger partial charge < -0.3 is 64.3 Å². The summed E-state index contributed by atoms with van der Waals surface area (Å²) < 4.78 is 50.6. The van der Waals surface area contributed by atoms with E-state index >= 15 is 0 Å². The molecule has 590 valence electrons. The molecule has 0 bridgehead atoms. The molecule has 0 aromatic carbocycles. The van der Waals surface area contributed by atoms with Crippen LogP contribution in [0.5, 0.6) is 0 Å². The Morgan fingerprint density at radius 1 is 0.245 bits per heavy atom. The summed E-state index contributed by atoms with van der Waals surface area (Å²) in [4.78, 5) is 164. The minimum atomic E-state index is -1.44. The van der Waals surface area contributed by atoms with Crippen molar-refractivity contribution in [1.82, 2.24) is 16.0 Å². The predicted octanol–water partition coefficient (Wildman–Crippen LogP) is 13.1. The topological polar surface area (TPSA) is 350 Å². The number of esters is 9. The van der Waals surface area contributed by atoms with Crippen LogP contribution < -0.4 is 21.7 Å². The quantitative estimate of drug-likeness (QED) is 0.0250. The summed E-state index contributed by atoms with van der Waals surface area (Å²) in [6, 6.07) is 0. The predicted molar refractivity (Wildman–Crippen MR) is 388 cm³/mol. The van der Waals surface area contributed by atoms with Gasteiger partial charge in [0.05, 0.1) is 6.61 Å². The summed E-state index contributed by atoms with van der Waals surface area (Å²) in [5, 5.41) is 9.40. The van der Waals surface area contributed by atoms with Crippen LogP contribution in [0.4, 0.5) is 0 Å². The van der Waals surface area contributed by atoms with Crippen molar-refractivity contribution in [3.63, 3.8) is 0 Å². The van der Waals surface area contributed by atoms with Gasteiger partial charge in [-0.2, -0.15) is 0 Å². The van der Waals surface area contributed by atoms with E-state index in [9.17, 15) is 57.5 Å². The molecule has 0 rings (SSSR count). The third-order valence-electron chi connectivity index (χ3n) is 15.4. The summed E-state index contributed by atoms with van der Waals surface area (Å²) in [6.45, 7) is 42.7. The molecule has 0 aromatic rings. The van der Waals surface area contributed by atoms with Gasteiger partial charge in [-0.05, 0) is 262 Å². The van der Waals surface area contributed by atoms with Gasteiger partial charge in [0.2, 0.25) is 17.7 Å². The summed E-state index contributed by atoms with van der Waals surface area (Å²) in [6.07, 6.45) is -1.06. The van der Waals surface area contributed by atoms with Crippen LogP contribution in [0.3, 0.4) is 0 Å². The molecule has 0 saturated carbocycles. The Bertz CT molecular complexity index is 2550. The number of hydrogen-bond donors (Lipinski definition) is 4. The molecule has 25 nitrogen and oxygen atoms in total. The standard InChI is InChI=1S/C77H136N4O21/c1-54(82)94-53-28-26-27-42-75(45-33-58(86)95-66(2,3)4,46-34-59(87)96-67(5,6)7)80-56(84)31-43-74(78,44-32-57(85)81-77(50-38-63(91)100-71(17,18)19,51-39-64(92)101-72(20,21)22)52-40-65(93)102-73(23,24)25)41-29-30-55(83)79-76(47-35-60(88)97-68(8,9)10,48-36-61(89)98-69(11,12)13)49-37-62(90)99-70(14,15)16/h26-53,78H2,1-25H3,(H,79,83)(H,80,84)(H,81,85). The highest BCUT2D eigenvalue weighted by atomic mass is 16.6. The number of nitrogens with one attached hydrogen (secondary N) is 3. The zero-order valence-electron chi connectivity index (χ0n) is 67.4. The Morgan fingerprint density at radius 3 is 0.657 bits per heavy atom. The molecule has 0 fully saturated rings. The van der Waals surface area contributed by atoms with Gasteiger partial charge in [-0.25, -0.2) is 0 Å². The van der Waals surface area contributed by atoms with Gasteiger partial charge in [0.1, 0.15) is 44.8 Å². The Balaban J connectivity index is 8.23. The normalized spacial score (nSPS) is 13.5. The van der Waals surface area contributed by atoms with E-state index in [2.05, 4.69) is 16.0 Å². The zero-order valence-corrected chi connectivity index (χ0v) is 67.4. The average Bonchev–Trinajstić information content (AvgIpc) is 0.845. The van der Waals surface area contributed by atoms with Gasteiger partial charge in [0, 0.05) is 99.7 Å². The van der Waals surface area contributed by atoms with Crippen LogP contribution in [-0.2, 0) is 100 Å². The van der Waals surface area contributed by atoms with Crippen LogP contribution in [-0.4, -0.2) is 145 Å². The Kier molecular flexibility index (Phi) is 38.7. The molecule has 0 radical (unpaired) electrons. The largest absolute Gasteiger partial charge is 0.466 e. The van der Waals surface area contributed by atoms with Crippen molar-refractivity contribution in [2.45, 2.75) is 413 Å². The average molecular weight is 1450 g/mol. The minimum Gasteiger partial charge on any atom is -0.466 e. The van der Waals surface area contributed by atoms with E-state index in [1.165, 1.54) is 6.92 Å². The third kappa shape index (κ3) is 50.9. The molecule has 3 amide bonds. The van der Waals surface area contributed by atoms with Crippen molar-refractivity contribution < 1.29 is 100 Å². The van der Waals surface area contributed by atoms with Crippen LogP contribution in [0.25, 0.3) is 0 Å². The highest BCUT2D eigenvalue weighted by Gasteiger charge is 2.41. The van der Waals surface area contributed by atoms with Crippen molar-refractivity contribution in [3.8, 4) is 0 Å². The van der Waals surface area contributed by atoms with Crippen molar-refractivity contribution in [2.24, 2.45) is 5.73 Å². The first-order valence-electron chi connectivity index (χ1n) is 36.6. The lowest BCUT2D eigenvalue weighted by atomic mass is 9.81. The second-order valence-electron chi connectivity index (χ2n) is 35.5. The second-order valence-corrected chi connectivity index (χ2v) is 35.5. The number of amides is 3. The maximum absolute atomic E-state index is 14.9. The van der Waals surface area contributed by atoms with E-state index in [1.54, 1.807) is 166 Å². The molecule has 25 heteroatoms. The molecule has 0 aromatic heterocycles. The van der Waals surface area contributed by atoms with E-state index in [-0.39, 0.29) is 161 Å². The zero-order chi connectivity index (χ0) is 79.2. The molecule has 5 N–H and O–H groups in total. The SMILES string of the molecule is CC(=O)OCCCCCC(CCC(=O)OC(C)(C)C)(CCC(=O)OC(C)(C)C)NC(=O)CCC(N)(CCCC(=O)NC(CCC(=O)OC(C)(C)C)(CCC(=O)OC(C)(C)C)CCC(=O)OC(C)(C)C)CCC(=O)NC(CCC(=O)OC(C)(C)C)(CCC(=O)OC(C)(C)C)CCC(=O)OC(C)(C)C. The number of unbranched alkanes of at least 4 members (excludes halogenated alkanes) is 2. The molecule has 0 aliphatic heterocycles. The monoisotopic (exact) mass is 1450 g/mol. The van der Waals surface area contributed by atoms with Gasteiger partial charge >= 0.3 is 53.7 Å². The lowest BCUT2D eigenvalue weighted by Gasteiger charge is -2.37. The molecule has 0 aliphatic rings. The summed E-state index contributed by atoms with van der Waals surface area (Å²) in [5.74, 6) is -6.68. The highest BCUT2D eigenvalue weighted by Crippen LogP contribution is 2.34.